The van der Waals surface area contributed by atoms with Gasteiger partial charge in [-0.25, -0.2) is 9.97 Å². The van der Waals surface area contributed by atoms with Crippen molar-refractivity contribution in [3.8, 4) is 39.8 Å². The molecule has 1 fully saturated rings. The van der Waals surface area contributed by atoms with Crippen LogP contribution in [0.1, 0.15) is 36.9 Å². The van der Waals surface area contributed by atoms with E-state index in [2.05, 4.69) is 15.3 Å². The molecule has 0 radical (unpaired) electrons. The number of nitrogens with one attached hydrogen (secondary N) is 1. The molecule has 5 atom stereocenters. The number of Topliss-reactive ketones (excluding diaryl/α,β-unsaturated/α-hetero) is 2. The van der Waals surface area contributed by atoms with Crippen LogP contribution in [0, 0.1) is 6.92 Å². The largest absolute Gasteiger partial charge is 0.504 e. The molecule has 2 aromatic heterocycles. The number of amides is 1. The zero-order valence-corrected chi connectivity index (χ0v) is 26.0. The van der Waals surface area contributed by atoms with E-state index >= 15 is 0 Å². The SMILES string of the molecule is COC1=C(N)C(=O)c2nc(-c3nc(C(=O)NC[C@H]4OC(O)[C@H](O)[C@@H](O)[C@H]4O)c(C)c(-c4ccc(OC)c(OC)c4O)c3N)ccc2C1=O. The van der Waals surface area contributed by atoms with Gasteiger partial charge in [0.05, 0.1) is 38.3 Å². The van der Waals surface area contributed by atoms with Gasteiger partial charge in [-0.3, -0.25) is 14.4 Å². The molecule has 0 bridgehead atoms. The number of allylic oxidation sites excluding steroid dienone is 2. The third-order valence-corrected chi connectivity index (χ3v) is 8.13. The number of nitrogens with zero attached hydrogens (tertiary/aromatic N) is 2. The third kappa shape index (κ3) is 5.52. The van der Waals surface area contributed by atoms with Gasteiger partial charge >= 0.3 is 0 Å². The molecular weight excluding hydrogens is 634 g/mol. The summed E-state index contributed by atoms with van der Waals surface area (Å²) >= 11 is 0. The van der Waals surface area contributed by atoms with E-state index in [0.29, 0.717) is 0 Å². The first kappa shape index (κ1) is 34.0. The molecule has 3 heterocycles. The van der Waals surface area contributed by atoms with Crippen molar-refractivity contribution in [1.29, 1.82) is 0 Å². The predicted molar refractivity (Wildman–Crippen MR) is 165 cm³/mol. The van der Waals surface area contributed by atoms with E-state index in [1.807, 2.05) is 0 Å². The molecule has 1 unspecified atom stereocenters. The molecule has 1 saturated heterocycles. The number of carbonyl (C=O) groups is 3. The second-order valence-electron chi connectivity index (χ2n) is 10.9. The van der Waals surface area contributed by atoms with Crippen LogP contribution in [0.5, 0.6) is 17.2 Å². The second-order valence-corrected chi connectivity index (χ2v) is 10.9. The summed E-state index contributed by atoms with van der Waals surface area (Å²) in [4.78, 5) is 48.5. The van der Waals surface area contributed by atoms with Crippen LogP contribution in [0.15, 0.2) is 35.7 Å². The highest BCUT2D eigenvalue weighted by molar-refractivity contribution is 6.25. The van der Waals surface area contributed by atoms with E-state index < -0.39 is 60.4 Å². The highest BCUT2D eigenvalue weighted by atomic mass is 16.6. The van der Waals surface area contributed by atoms with Crippen LogP contribution in [0.3, 0.4) is 0 Å². The number of aromatic hydroxyl groups is 1. The van der Waals surface area contributed by atoms with Gasteiger partial charge in [-0.15, -0.1) is 0 Å². The summed E-state index contributed by atoms with van der Waals surface area (Å²) in [6.45, 7) is 1.06. The fraction of sp³-hybridized carbons (Fsp3) is 0.323. The quantitative estimate of drug-likeness (QED) is 0.145. The molecular formula is C31H33N5O12. The Kier molecular flexibility index (Phi) is 9.25. The lowest BCUT2D eigenvalue weighted by atomic mass is 9.92. The van der Waals surface area contributed by atoms with Gasteiger partial charge in [0.1, 0.15) is 47.2 Å². The summed E-state index contributed by atoms with van der Waals surface area (Å²) in [7, 11) is 3.89. The van der Waals surface area contributed by atoms with Gasteiger partial charge in [0.15, 0.2) is 23.5 Å². The molecule has 1 aliphatic carbocycles. The Morgan fingerprint density at radius 1 is 0.896 bits per heavy atom. The van der Waals surface area contributed by atoms with Gasteiger partial charge in [-0.1, -0.05) is 0 Å². The van der Waals surface area contributed by atoms with E-state index in [1.54, 1.807) is 0 Å². The summed E-state index contributed by atoms with van der Waals surface area (Å²) < 4.78 is 20.8. The Hall–Kier alpha value is -5.33. The number of nitrogens with two attached hydrogens (primary N) is 2. The predicted octanol–water partition coefficient (Wildman–Crippen LogP) is -0.851. The number of nitrogen functional groups attached to an aromatic ring is 1. The molecule has 254 valence electrons. The molecule has 0 spiro atoms. The number of fused-ring (bicyclic) bond motifs is 1. The fourth-order valence-electron chi connectivity index (χ4n) is 5.57. The summed E-state index contributed by atoms with van der Waals surface area (Å²) in [5, 5.41) is 53.8. The van der Waals surface area contributed by atoms with Crippen molar-refractivity contribution in [2.75, 3.05) is 33.6 Å². The molecule has 17 nitrogen and oxygen atoms in total. The summed E-state index contributed by atoms with van der Waals surface area (Å²) in [5.41, 5.74) is 11.6. The van der Waals surface area contributed by atoms with Crippen LogP contribution in [0.2, 0.25) is 0 Å². The number of aromatic nitrogens is 2. The minimum Gasteiger partial charge on any atom is -0.504 e. The van der Waals surface area contributed by atoms with Crippen molar-refractivity contribution in [3.05, 3.63) is 58.2 Å². The first-order valence-electron chi connectivity index (χ1n) is 14.3. The van der Waals surface area contributed by atoms with Crippen molar-refractivity contribution in [3.63, 3.8) is 0 Å². The number of phenols is 1. The zero-order valence-electron chi connectivity index (χ0n) is 26.0. The molecule has 48 heavy (non-hydrogen) atoms. The van der Waals surface area contributed by atoms with Gasteiger partial charge in [0, 0.05) is 17.7 Å². The molecule has 17 heteroatoms. The Labute approximate surface area is 272 Å². The van der Waals surface area contributed by atoms with Crippen molar-refractivity contribution in [1.82, 2.24) is 15.3 Å². The number of aliphatic hydroxyl groups is 4. The molecule has 1 aliphatic heterocycles. The van der Waals surface area contributed by atoms with E-state index in [9.17, 15) is 39.9 Å². The highest BCUT2D eigenvalue weighted by Gasteiger charge is 2.43. The van der Waals surface area contributed by atoms with E-state index in [1.165, 1.54) is 52.5 Å². The Balaban J connectivity index is 1.65. The van der Waals surface area contributed by atoms with Gasteiger partial charge in [-0.2, -0.15) is 0 Å². The summed E-state index contributed by atoms with van der Waals surface area (Å²) in [6, 6.07) is 5.64. The maximum atomic E-state index is 13.7. The minimum absolute atomic E-state index is 0.0341. The maximum absolute atomic E-state index is 13.7. The number of anilines is 1. The van der Waals surface area contributed by atoms with E-state index in [0.717, 1.165) is 0 Å². The zero-order chi connectivity index (χ0) is 35.2. The molecule has 1 aromatic carbocycles. The normalized spacial score (nSPS) is 22.3. The number of hydrogen-bond acceptors (Lipinski definition) is 16. The lowest BCUT2D eigenvalue weighted by Crippen LogP contribution is -2.60. The number of phenolic OH excluding ortho intramolecular Hbond substituents is 1. The number of rotatable bonds is 8. The topological polar surface area (TPSA) is 279 Å². The monoisotopic (exact) mass is 667 g/mol. The Morgan fingerprint density at radius 2 is 1.58 bits per heavy atom. The Bertz CT molecular complexity index is 1860. The van der Waals surface area contributed by atoms with Crippen molar-refractivity contribution in [2.45, 2.75) is 37.6 Å². The van der Waals surface area contributed by atoms with E-state index in [-0.39, 0.29) is 73.7 Å². The van der Waals surface area contributed by atoms with Crippen LogP contribution >= 0.6 is 0 Å². The Morgan fingerprint density at radius 3 is 2.23 bits per heavy atom. The number of aliphatic hydroxyl groups excluding tert-OH is 4. The number of pyridine rings is 2. The van der Waals surface area contributed by atoms with Crippen LogP contribution < -0.4 is 26.3 Å². The van der Waals surface area contributed by atoms with Crippen molar-refractivity contribution < 1.29 is 58.9 Å². The number of hydrogen-bond donors (Lipinski definition) is 8. The van der Waals surface area contributed by atoms with Gasteiger partial charge in [-0.05, 0) is 36.8 Å². The summed E-state index contributed by atoms with van der Waals surface area (Å²) in [5.74, 6) is -2.86. The molecule has 3 aromatic rings. The number of ketones is 2. The van der Waals surface area contributed by atoms with Crippen molar-refractivity contribution >= 4 is 23.2 Å². The van der Waals surface area contributed by atoms with Crippen LogP contribution in [-0.4, -0.2) is 112 Å². The summed E-state index contributed by atoms with van der Waals surface area (Å²) in [6.07, 6.45) is -8.36. The smallest absolute Gasteiger partial charge is 0.270 e. The molecule has 2 aliphatic rings. The molecule has 1 amide bonds. The van der Waals surface area contributed by atoms with Crippen LogP contribution in [0.25, 0.3) is 22.5 Å². The standard InChI is InChI=1S/C31H33N5O12/c1-10-16(11-6-8-14(45-2)28(46-3)22(11)37)17(32)21(13-7-5-12-20(35-13)25(40)18(33)29(47-4)23(12)38)36-19(10)30(43)34-9-15-24(39)26(41)27(42)31(44)48-15/h5-8,15,24,26-27,31,37,39,41-42,44H,9,32-33H2,1-4H3,(H,34,43)/t15-,24+,26+,27-,31?/m1/s1. The average molecular weight is 668 g/mol. The minimum atomic E-state index is -1.83. The molecule has 10 N–H and O–H groups in total. The number of ether oxygens (including phenoxy) is 4. The van der Waals surface area contributed by atoms with Crippen LogP contribution in [0.4, 0.5) is 5.69 Å². The second kappa shape index (κ2) is 13.1. The first-order valence-corrected chi connectivity index (χ1v) is 14.3. The lowest BCUT2D eigenvalue weighted by Gasteiger charge is -2.38. The van der Waals surface area contributed by atoms with Gasteiger partial charge < -0.3 is 61.3 Å². The fourth-order valence-corrected chi connectivity index (χ4v) is 5.57. The maximum Gasteiger partial charge on any atom is 0.270 e. The van der Waals surface area contributed by atoms with Gasteiger partial charge in [0.25, 0.3) is 5.91 Å². The van der Waals surface area contributed by atoms with Crippen LogP contribution in [-0.2, 0) is 9.47 Å². The van der Waals surface area contributed by atoms with Crippen molar-refractivity contribution in [2.24, 2.45) is 5.73 Å². The third-order valence-electron chi connectivity index (χ3n) is 8.13. The number of benzene rings is 1. The highest BCUT2D eigenvalue weighted by Crippen LogP contribution is 2.47. The van der Waals surface area contributed by atoms with E-state index in [4.69, 9.17) is 30.4 Å². The molecule has 0 saturated carbocycles. The lowest BCUT2D eigenvalue weighted by molar-refractivity contribution is -0.279. The molecule has 5 rings (SSSR count). The number of carbonyl (C=O) groups excluding carboxylic acids is 3. The first-order chi connectivity index (χ1) is 22.8. The number of methoxy groups -OCH3 is 3. The average Bonchev–Trinajstić information content (AvgIpc) is 3.07. The van der Waals surface area contributed by atoms with Gasteiger partial charge in [0.2, 0.25) is 17.3 Å².